The van der Waals surface area contributed by atoms with Gasteiger partial charge in [-0.1, -0.05) is 0 Å². The predicted octanol–water partition coefficient (Wildman–Crippen LogP) is 3.81. The molecule has 1 atom stereocenters. The molecule has 0 aromatic carbocycles. The first-order valence-electron chi connectivity index (χ1n) is 10.3. The number of nitriles is 1. The topological polar surface area (TPSA) is 108 Å². The van der Waals surface area contributed by atoms with E-state index >= 15 is 0 Å². The zero-order valence-electron chi connectivity index (χ0n) is 16.5. The summed E-state index contributed by atoms with van der Waals surface area (Å²) in [5.74, 6) is 2.23. The van der Waals surface area contributed by atoms with Crippen molar-refractivity contribution in [2.24, 2.45) is 5.92 Å². The molecule has 154 valence electrons. The maximum absolute atomic E-state index is 12.9. The van der Waals surface area contributed by atoms with Crippen molar-refractivity contribution in [3.05, 3.63) is 47.7 Å². The minimum absolute atomic E-state index is 0.0355. The van der Waals surface area contributed by atoms with Gasteiger partial charge in [0.1, 0.15) is 11.8 Å². The zero-order chi connectivity index (χ0) is 20.5. The van der Waals surface area contributed by atoms with Crippen LogP contribution in [0.5, 0.6) is 0 Å². The van der Waals surface area contributed by atoms with E-state index in [1.807, 2.05) is 11.0 Å². The van der Waals surface area contributed by atoms with Crippen LogP contribution in [0.2, 0.25) is 0 Å². The van der Waals surface area contributed by atoms with Gasteiger partial charge in [0.2, 0.25) is 17.5 Å². The summed E-state index contributed by atoms with van der Waals surface area (Å²) in [6.07, 6.45) is 7.52. The van der Waals surface area contributed by atoms with Crippen molar-refractivity contribution in [1.82, 2.24) is 10.3 Å². The van der Waals surface area contributed by atoms with Crippen molar-refractivity contribution in [2.45, 2.75) is 38.1 Å². The number of nitrogens with zero attached hydrogens (tertiary/aromatic N) is 3. The Balaban J connectivity index is 1.23. The van der Waals surface area contributed by atoms with Gasteiger partial charge in [-0.3, -0.25) is 4.79 Å². The van der Waals surface area contributed by atoms with Crippen LogP contribution in [0.4, 0.5) is 5.88 Å². The van der Waals surface area contributed by atoms with E-state index in [4.69, 9.17) is 13.3 Å². The Morgan fingerprint density at radius 2 is 2.07 bits per heavy atom. The van der Waals surface area contributed by atoms with Crippen LogP contribution in [0.3, 0.4) is 0 Å². The fraction of sp³-hybridized carbons (Fsp3) is 0.409. The van der Waals surface area contributed by atoms with Crippen LogP contribution in [0, 0.1) is 17.2 Å². The SMILES string of the molecule is N#Cc1nc(-c2ccco2)oc1N1CCC(C(=O)NC2CCCc3occc32)CC1. The van der Waals surface area contributed by atoms with Gasteiger partial charge in [0.05, 0.1) is 18.6 Å². The van der Waals surface area contributed by atoms with Gasteiger partial charge in [0, 0.05) is 31.0 Å². The summed E-state index contributed by atoms with van der Waals surface area (Å²) in [7, 11) is 0. The highest BCUT2D eigenvalue weighted by Crippen LogP contribution is 2.33. The molecule has 2 aliphatic rings. The Morgan fingerprint density at radius 3 is 2.83 bits per heavy atom. The molecule has 3 aromatic rings. The molecular weight excluding hydrogens is 384 g/mol. The molecule has 1 amide bonds. The standard InChI is InChI=1S/C22H22N4O4/c23-13-17-22(30-21(25-17)19-5-2-11-28-19)26-9-6-14(7-10-26)20(27)24-16-3-1-4-18-15(16)8-12-29-18/h2,5,8,11-12,14,16H,1,3-4,6-7,9-10H2,(H,24,27). The summed E-state index contributed by atoms with van der Waals surface area (Å²) < 4.78 is 16.7. The first-order valence-corrected chi connectivity index (χ1v) is 10.3. The van der Waals surface area contributed by atoms with E-state index in [1.54, 1.807) is 18.4 Å². The molecule has 8 heteroatoms. The molecule has 8 nitrogen and oxygen atoms in total. The molecule has 4 heterocycles. The van der Waals surface area contributed by atoms with Gasteiger partial charge in [0.25, 0.3) is 5.89 Å². The average Bonchev–Trinajstić information content (AvgIpc) is 3.54. The Hall–Kier alpha value is -3.47. The van der Waals surface area contributed by atoms with Crippen LogP contribution in [0.15, 0.2) is 44.0 Å². The van der Waals surface area contributed by atoms with Crippen LogP contribution in [-0.4, -0.2) is 24.0 Å². The number of carbonyl (C=O) groups is 1. The van der Waals surface area contributed by atoms with Crippen molar-refractivity contribution >= 4 is 11.8 Å². The number of oxazole rings is 1. The number of hydrogen-bond donors (Lipinski definition) is 1. The Morgan fingerprint density at radius 1 is 1.20 bits per heavy atom. The largest absolute Gasteiger partial charge is 0.469 e. The zero-order valence-corrected chi connectivity index (χ0v) is 16.5. The summed E-state index contributed by atoms with van der Waals surface area (Å²) >= 11 is 0. The summed E-state index contributed by atoms with van der Waals surface area (Å²) in [5.41, 5.74) is 1.34. The van der Waals surface area contributed by atoms with Crippen molar-refractivity contribution < 1.29 is 18.0 Å². The maximum atomic E-state index is 12.9. The van der Waals surface area contributed by atoms with Crippen LogP contribution < -0.4 is 10.2 Å². The number of carbonyl (C=O) groups excluding carboxylic acids is 1. The summed E-state index contributed by atoms with van der Waals surface area (Å²) in [4.78, 5) is 19.1. The minimum Gasteiger partial charge on any atom is -0.469 e. The quantitative estimate of drug-likeness (QED) is 0.702. The van der Waals surface area contributed by atoms with Gasteiger partial charge < -0.3 is 23.5 Å². The maximum Gasteiger partial charge on any atom is 0.266 e. The highest BCUT2D eigenvalue weighted by atomic mass is 16.4. The number of nitrogens with one attached hydrogen (secondary N) is 1. The molecule has 3 aromatic heterocycles. The molecule has 1 N–H and O–H groups in total. The fourth-order valence-electron chi connectivity index (χ4n) is 4.38. The molecule has 5 rings (SSSR count). The van der Waals surface area contributed by atoms with Gasteiger partial charge in [-0.15, -0.1) is 0 Å². The molecule has 0 bridgehead atoms. The normalized spacial score (nSPS) is 19.3. The van der Waals surface area contributed by atoms with Crippen molar-refractivity contribution in [2.75, 3.05) is 18.0 Å². The molecule has 0 spiro atoms. The van der Waals surface area contributed by atoms with E-state index in [0.717, 1.165) is 30.6 Å². The van der Waals surface area contributed by atoms with Gasteiger partial charge >= 0.3 is 0 Å². The van der Waals surface area contributed by atoms with Crippen LogP contribution in [-0.2, 0) is 11.2 Å². The summed E-state index contributed by atoms with van der Waals surface area (Å²) in [6, 6.07) is 7.58. The molecule has 1 aliphatic carbocycles. The lowest BCUT2D eigenvalue weighted by Crippen LogP contribution is -2.42. The monoisotopic (exact) mass is 406 g/mol. The highest BCUT2D eigenvalue weighted by molar-refractivity contribution is 5.79. The lowest BCUT2D eigenvalue weighted by Gasteiger charge is -2.32. The molecule has 1 unspecified atom stereocenters. The second-order valence-corrected chi connectivity index (χ2v) is 7.78. The van der Waals surface area contributed by atoms with Gasteiger partial charge in [0.15, 0.2) is 5.76 Å². The Kier molecular flexibility index (Phi) is 4.79. The second kappa shape index (κ2) is 7.75. The van der Waals surface area contributed by atoms with Gasteiger partial charge in [-0.25, -0.2) is 0 Å². The number of aromatic nitrogens is 1. The van der Waals surface area contributed by atoms with E-state index in [9.17, 15) is 10.1 Å². The average molecular weight is 406 g/mol. The first-order chi connectivity index (χ1) is 14.7. The molecule has 0 saturated carbocycles. The molecule has 1 fully saturated rings. The number of aryl methyl sites for hydroxylation is 1. The first kappa shape index (κ1) is 18.6. The van der Waals surface area contributed by atoms with E-state index < -0.39 is 0 Å². The number of anilines is 1. The molecule has 30 heavy (non-hydrogen) atoms. The fourth-order valence-corrected chi connectivity index (χ4v) is 4.38. The number of amides is 1. The lowest BCUT2D eigenvalue weighted by atomic mass is 9.91. The van der Waals surface area contributed by atoms with Gasteiger partial charge in [-0.05, 0) is 43.9 Å². The molecule has 1 aliphatic heterocycles. The third kappa shape index (κ3) is 3.36. The summed E-state index contributed by atoms with van der Waals surface area (Å²) in [5, 5.41) is 12.7. The number of rotatable bonds is 4. The van der Waals surface area contributed by atoms with Crippen LogP contribution in [0.25, 0.3) is 11.7 Å². The molecular formula is C22H22N4O4. The molecule has 1 saturated heterocycles. The predicted molar refractivity (Wildman–Crippen MR) is 106 cm³/mol. The highest BCUT2D eigenvalue weighted by Gasteiger charge is 2.31. The van der Waals surface area contributed by atoms with Crippen molar-refractivity contribution in [1.29, 1.82) is 5.26 Å². The van der Waals surface area contributed by atoms with Gasteiger partial charge in [-0.2, -0.15) is 10.2 Å². The molecule has 0 radical (unpaired) electrons. The summed E-state index contributed by atoms with van der Waals surface area (Å²) in [6.45, 7) is 1.25. The number of piperidine rings is 1. The Bertz CT molecular complexity index is 1070. The number of furan rings is 2. The number of hydrogen-bond acceptors (Lipinski definition) is 7. The van der Waals surface area contributed by atoms with E-state index in [1.165, 1.54) is 6.26 Å². The van der Waals surface area contributed by atoms with Crippen molar-refractivity contribution in [3.8, 4) is 17.7 Å². The van der Waals surface area contributed by atoms with Crippen LogP contribution >= 0.6 is 0 Å². The Labute approximate surface area is 173 Å². The third-order valence-electron chi connectivity index (χ3n) is 5.97. The van der Waals surface area contributed by atoms with Crippen LogP contribution in [0.1, 0.15) is 48.7 Å². The smallest absolute Gasteiger partial charge is 0.266 e. The van der Waals surface area contributed by atoms with E-state index in [2.05, 4.69) is 16.4 Å². The van der Waals surface area contributed by atoms with E-state index in [-0.39, 0.29) is 23.6 Å². The number of fused-ring (bicyclic) bond motifs is 1. The lowest BCUT2D eigenvalue weighted by molar-refractivity contribution is -0.126. The minimum atomic E-state index is -0.0588. The second-order valence-electron chi connectivity index (χ2n) is 7.78. The van der Waals surface area contributed by atoms with E-state index in [0.29, 0.717) is 43.5 Å². The van der Waals surface area contributed by atoms with Crippen molar-refractivity contribution in [3.63, 3.8) is 0 Å². The third-order valence-corrected chi connectivity index (χ3v) is 5.97.